The lowest BCUT2D eigenvalue weighted by atomic mass is 10.1. The number of nitrogens with zero attached hydrogens (tertiary/aromatic N) is 1. The number of amides is 1. The van der Waals surface area contributed by atoms with Gasteiger partial charge in [-0.1, -0.05) is 6.07 Å². The number of anilines is 1. The van der Waals surface area contributed by atoms with Crippen molar-refractivity contribution in [2.75, 3.05) is 12.3 Å². The highest BCUT2D eigenvalue weighted by Gasteiger charge is 2.19. The Morgan fingerprint density at radius 3 is 2.62 bits per heavy atom. The molecule has 0 bridgehead atoms. The standard InChI is InChI=1S/C12H17BrN2O/c1-4-15(8(2)3)12(16)9-6-5-7-10(14)11(9)13/h5-8H,4,14H2,1-3H3. The summed E-state index contributed by atoms with van der Waals surface area (Å²) in [7, 11) is 0. The van der Waals surface area contributed by atoms with Crippen LogP contribution in [-0.4, -0.2) is 23.4 Å². The molecule has 3 nitrogen and oxygen atoms in total. The number of carbonyl (C=O) groups is 1. The highest BCUT2D eigenvalue weighted by atomic mass is 79.9. The lowest BCUT2D eigenvalue weighted by Gasteiger charge is -2.25. The zero-order valence-electron chi connectivity index (χ0n) is 9.83. The van der Waals surface area contributed by atoms with Crippen LogP contribution in [0.4, 0.5) is 5.69 Å². The largest absolute Gasteiger partial charge is 0.398 e. The molecule has 0 aromatic heterocycles. The van der Waals surface area contributed by atoms with E-state index in [1.54, 1.807) is 23.1 Å². The van der Waals surface area contributed by atoms with Crippen molar-refractivity contribution in [3.05, 3.63) is 28.2 Å². The SMILES string of the molecule is CCN(C(=O)c1cccc(N)c1Br)C(C)C. The molecule has 16 heavy (non-hydrogen) atoms. The van der Waals surface area contributed by atoms with E-state index in [2.05, 4.69) is 15.9 Å². The average Bonchev–Trinajstić information content (AvgIpc) is 2.22. The van der Waals surface area contributed by atoms with E-state index < -0.39 is 0 Å². The molecule has 0 aliphatic rings. The van der Waals surface area contributed by atoms with E-state index in [4.69, 9.17) is 5.73 Å². The molecular formula is C12H17BrN2O. The number of nitrogen functional groups attached to an aromatic ring is 1. The zero-order chi connectivity index (χ0) is 12.3. The second-order valence-corrected chi connectivity index (χ2v) is 4.69. The van der Waals surface area contributed by atoms with Gasteiger partial charge in [-0.25, -0.2) is 0 Å². The molecule has 0 aliphatic heterocycles. The van der Waals surface area contributed by atoms with Crippen molar-refractivity contribution in [3.63, 3.8) is 0 Å². The first-order valence-corrected chi connectivity index (χ1v) is 6.13. The van der Waals surface area contributed by atoms with Gasteiger partial charge in [0.15, 0.2) is 0 Å². The van der Waals surface area contributed by atoms with Gasteiger partial charge in [0.05, 0.1) is 10.0 Å². The molecule has 0 spiro atoms. The van der Waals surface area contributed by atoms with Gasteiger partial charge in [-0.15, -0.1) is 0 Å². The number of nitrogens with two attached hydrogens (primary N) is 1. The van der Waals surface area contributed by atoms with E-state index in [1.165, 1.54) is 0 Å². The fourth-order valence-electron chi connectivity index (χ4n) is 1.61. The molecule has 0 heterocycles. The Bertz CT molecular complexity index is 391. The second-order valence-electron chi connectivity index (χ2n) is 3.89. The Balaban J connectivity index is 3.09. The number of hydrogen-bond acceptors (Lipinski definition) is 2. The first-order valence-electron chi connectivity index (χ1n) is 5.34. The molecule has 0 atom stereocenters. The first-order chi connectivity index (χ1) is 7.49. The maximum absolute atomic E-state index is 12.2. The molecule has 0 fully saturated rings. The van der Waals surface area contributed by atoms with E-state index >= 15 is 0 Å². The summed E-state index contributed by atoms with van der Waals surface area (Å²) in [5.74, 6) is 0.0108. The van der Waals surface area contributed by atoms with Crippen molar-refractivity contribution >= 4 is 27.5 Å². The van der Waals surface area contributed by atoms with Crippen molar-refractivity contribution in [1.29, 1.82) is 0 Å². The van der Waals surface area contributed by atoms with Gasteiger partial charge in [0.25, 0.3) is 5.91 Å². The van der Waals surface area contributed by atoms with Gasteiger partial charge in [-0.2, -0.15) is 0 Å². The summed E-state index contributed by atoms with van der Waals surface area (Å²) in [4.78, 5) is 14.0. The number of rotatable bonds is 3. The van der Waals surface area contributed by atoms with Gasteiger partial charge in [0.1, 0.15) is 0 Å². The van der Waals surface area contributed by atoms with E-state index in [0.717, 1.165) is 0 Å². The summed E-state index contributed by atoms with van der Waals surface area (Å²) < 4.78 is 0.680. The molecule has 0 radical (unpaired) electrons. The minimum atomic E-state index is 0.0108. The fourth-order valence-corrected chi connectivity index (χ4v) is 2.05. The topological polar surface area (TPSA) is 46.3 Å². The van der Waals surface area contributed by atoms with Crippen LogP contribution in [0.1, 0.15) is 31.1 Å². The van der Waals surface area contributed by atoms with Gasteiger partial charge in [-0.05, 0) is 48.8 Å². The summed E-state index contributed by atoms with van der Waals surface area (Å²) in [6.45, 7) is 6.67. The number of carbonyl (C=O) groups excluding carboxylic acids is 1. The van der Waals surface area contributed by atoms with Gasteiger partial charge in [-0.3, -0.25) is 4.79 Å². The summed E-state index contributed by atoms with van der Waals surface area (Å²) in [5.41, 5.74) is 6.97. The quantitative estimate of drug-likeness (QED) is 0.868. The van der Waals surface area contributed by atoms with Crippen LogP contribution in [0.2, 0.25) is 0 Å². The third-order valence-electron chi connectivity index (χ3n) is 2.48. The lowest BCUT2D eigenvalue weighted by Crippen LogP contribution is -2.36. The van der Waals surface area contributed by atoms with Crippen molar-refractivity contribution in [2.45, 2.75) is 26.8 Å². The molecule has 0 unspecified atom stereocenters. The van der Waals surface area contributed by atoms with Crippen LogP contribution in [-0.2, 0) is 0 Å². The maximum Gasteiger partial charge on any atom is 0.255 e. The van der Waals surface area contributed by atoms with E-state index in [-0.39, 0.29) is 11.9 Å². The average molecular weight is 285 g/mol. The summed E-state index contributed by atoms with van der Waals surface area (Å²) >= 11 is 3.35. The predicted octanol–water partition coefficient (Wildman–Crippen LogP) is 2.90. The third-order valence-corrected chi connectivity index (χ3v) is 3.37. The van der Waals surface area contributed by atoms with Crippen LogP contribution in [0.5, 0.6) is 0 Å². The third kappa shape index (κ3) is 2.55. The molecule has 1 amide bonds. The molecule has 2 N–H and O–H groups in total. The van der Waals surface area contributed by atoms with Gasteiger partial charge in [0.2, 0.25) is 0 Å². The zero-order valence-corrected chi connectivity index (χ0v) is 11.4. The molecule has 0 saturated carbocycles. The molecule has 0 aliphatic carbocycles. The molecule has 88 valence electrons. The summed E-state index contributed by atoms with van der Waals surface area (Å²) in [6.07, 6.45) is 0. The van der Waals surface area contributed by atoms with Crippen molar-refractivity contribution in [2.24, 2.45) is 0 Å². The van der Waals surface area contributed by atoms with Gasteiger partial charge < -0.3 is 10.6 Å². The van der Waals surface area contributed by atoms with Crippen LogP contribution in [0.25, 0.3) is 0 Å². The Labute approximate surface area is 105 Å². The highest BCUT2D eigenvalue weighted by Crippen LogP contribution is 2.25. The number of halogens is 1. The summed E-state index contributed by atoms with van der Waals surface area (Å²) in [5, 5.41) is 0. The van der Waals surface area contributed by atoms with E-state index in [9.17, 15) is 4.79 Å². The van der Waals surface area contributed by atoms with Crippen LogP contribution >= 0.6 is 15.9 Å². The van der Waals surface area contributed by atoms with Crippen molar-refractivity contribution in [3.8, 4) is 0 Å². The second kappa shape index (κ2) is 5.34. The highest BCUT2D eigenvalue weighted by molar-refractivity contribution is 9.10. The minimum absolute atomic E-state index is 0.0108. The first kappa shape index (κ1) is 13.0. The molecule has 0 saturated heterocycles. The molecule has 1 rings (SSSR count). The van der Waals surface area contributed by atoms with Crippen molar-refractivity contribution < 1.29 is 4.79 Å². The molecule has 1 aromatic carbocycles. The molecule has 4 heteroatoms. The monoisotopic (exact) mass is 284 g/mol. The maximum atomic E-state index is 12.2. The fraction of sp³-hybridized carbons (Fsp3) is 0.417. The van der Waals surface area contributed by atoms with Gasteiger partial charge >= 0.3 is 0 Å². The predicted molar refractivity (Wildman–Crippen MR) is 70.4 cm³/mol. The van der Waals surface area contributed by atoms with Crippen LogP contribution in [0.15, 0.2) is 22.7 Å². The van der Waals surface area contributed by atoms with E-state index in [0.29, 0.717) is 22.3 Å². The molecule has 1 aromatic rings. The number of hydrogen-bond donors (Lipinski definition) is 1. The lowest BCUT2D eigenvalue weighted by molar-refractivity contribution is 0.0716. The number of benzene rings is 1. The van der Waals surface area contributed by atoms with Crippen molar-refractivity contribution in [1.82, 2.24) is 4.90 Å². The van der Waals surface area contributed by atoms with E-state index in [1.807, 2.05) is 20.8 Å². The summed E-state index contributed by atoms with van der Waals surface area (Å²) in [6, 6.07) is 5.53. The van der Waals surface area contributed by atoms with Gasteiger partial charge in [0, 0.05) is 18.3 Å². The van der Waals surface area contributed by atoms with Crippen LogP contribution < -0.4 is 5.73 Å². The normalized spacial score (nSPS) is 10.6. The van der Waals surface area contributed by atoms with Crippen LogP contribution in [0, 0.1) is 0 Å². The molecular weight excluding hydrogens is 268 g/mol. The van der Waals surface area contributed by atoms with Crippen LogP contribution in [0.3, 0.4) is 0 Å². The Morgan fingerprint density at radius 1 is 1.50 bits per heavy atom. The Morgan fingerprint density at radius 2 is 2.12 bits per heavy atom. The minimum Gasteiger partial charge on any atom is -0.398 e. The Kier molecular flexibility index (Phi) is 4.35. The smallest absolute Gasteiger partial charge is 0.255 e. The Hall–Kier alpha value is -1.03.